The van der Waals surface area contributed by atoms with Crippen molar-refractivity contribution < 1.29 is 0 Å². The van der Waals surface area contributed by atoms with Crippen LogP contribution in [0.1, 0.15) is 58.7 Å². The second kappa shape index (κ2) is 11.9. The molecule has 0 saturated carbocycles. The Bertz CT molecular complexity index is 438. The highest BCUT2D eigenvalue weighted by atomic mass is 15.3. The first kappa shape index (κ1) is 19.5. The zero-order chi connectivity index (χ0) is 16.9. The molecule has 0 aliphatic carbocycles. The van der Waals surface area contributed by atoms with Gasteiger partial charge in [-0.2, -0.15) is 0 Å². The van der Waals surface area contributed by atoms with Crippen molar-refractivity contribution in [2.75, 3.05) is 20.1 Å². The number of nitrogens with zero attached hydrogens (tertiary/aromatic N) is 4. The molecular formula is C17H34N6. The maximum absolute atomic E-state index is 4.26. The molecule has 2 N–H and O–H groups in total. The molecule has 132 valence electrons. The van der Waals surface area contributed by atoms with Gasteiger partial charge in [-0.3, -0.25) is 4.99 Å². The molecule has 0 aromatic carbocycles. The van der Waals surface area contributed by atoms with Gasteiger partial charge in [0.05, 0.1) is 0 Å². The van der Waals surface area contributed by atoms with E-state index in [1.165, 1.54) is 32.1 Å². The Labute approximate surface area is 141 Å². The smallest absolute Gasteiger partial charge is 0.191 e. The minimum Gasteiger partial charge on any atom is -0.356 e. The van der Waals surface area contributed by atoms with E-state index in [2.05, 4.69) is 51.2 Å². The summed E-state index contributed by atoms with van der Waals surface area (Å²) >= 11 is 0. The van der Waals surface area contributed by atoms with Crippen molar-refractivity contribution in [2.24, 2.45) is 10.9 Å². The SMILES string of the molecule is CCc1nncn1CCNC(=NC)NCCCCCCC(C)C. The average Bonchev–Trinajstić information content (AvgIpc) is 2.99. The molecule has 1 aromatic rings. The standard InChI is InChI=1S/C17H34N6/c1-5-16-22-21-14-23(16)13-12-20-17(18-4)19-11-9-7-6-8-10-15(2)3/h14-15H,5-13H2,1-4H3,(H2,18,19,20). The number of hydrogen-bond acceptors (Lipinski definition) is 3. The van der Waals surface area contributed by atoms with Crippen molar-refractivity contribution in [2.45, 2.75) is 65.8 Å². The summed E-state index contributed by atoms with van der Waals surface area (Å²) in [5.41, 5.74) is 0. The molecule has 0 bridgehead atoms. The number of hydrogen-bond donors (Lipinski definition) is 2. The molecule has 1 aromatic heterocycles. The van der Waals surface area contributed by atoms with Gasteiger partial charge in [-0.25, -0.2) is 0 Å². The van der Waals surface area contributed by atoms with Crippen LogP contribution in [0.2, 0.25) is 0 Å². The van der Waals surface area contributed by atoms with E-state index in [9.17, 15) is 0 Å². The summed E-state index contributed by atoms with van der Waals surface area (Å²) in [6.45, 7) is 9.33. The van der Waals surface area contributed by atoms with E-state index in [0.717, 1.165) is 43.8 Å². The Morgan fingerprint density at radius 1 is 1.17 bits per heavy atom. The van der Waals surface area contributed by atoms with Gasteiger partial charge in [-0.15, -0.1) is 10.2 Å². The lowest BCUT2D eigenvalue weighted by Crippen LogP contribution is -2.39. The van der Waals surface area contributed by atoms with E-state index in [4.69, 9.17) is 0 Å². The molecule has 1 heterocycles. The van der Waals surface area contributed by atoms with Crippen molar-refractivity contribution in [1.82, 2.24) is 25.4 Å². The van der Waals surface area contributed by atoms with E-state index >= 15 is 0 Å². The predicted molar refractivity (Wildman–Crippen MR) is 96.7 cm³/mol. The molecular weight excluding hydrogens is 288 g/mol. The molecule has 0 aliphatic heterocycles. The van der Waals surface area contributed by atoms with Crippen molar-refractivity contribution in [3.8, 4) is 0 Å². The summed E-state index contributed by atoms with van der Waals surface area (Å²) in [6, 6.07) is 0. The third-order valence-electron chi connectivity index (χ3n) is 3.88. The normalized spacial score (nSPS) is 12.0. The topological polar surface area (TPSA) is 67.1 Å². The van der Waals surface area contributed by atoms with Crippen LogP contribution in [0.25, 0.3) is 0 Å². The van der Waals surface area contributed by atoms with Crippen LogP contribution in [0.15, 0.2) is 11.3 Å². The van der Waals surface area contributed by atoms with E-state index in [-0.39, 0.29) is 0 Å². The number of aromatic nitrogens is 3. The highest BCUT2D eigenvalue weighted by Gasteiger charge is 2.02. The monoisotopic (exact) mass is 322 g/mol. The number of guanidine groups is 1. The Morgan fingerprint density at radius 3 is 2.61 bits per heavy atom. The third-order valence-corrected chi connectivity index (χ3v) is 3.88. The number of nitrogens with one attached hydrogen (secondary N) is 2. The van der Waals surface area contributed by atoms with Crippen LogP contribution in [-0.2, 0) is 13.0 Å². The van der Waals surface area contributed by atoms with Crippen LogP contribution in [0.5, 0.6) is 0 Å². The molecule has 1 rings (SSSR count). The van der Waals surface area contributed by atoms with Gasteiger partial charge in [0.15, 0.2) is 5.96 Å². The van der Waals surface area contributed by atoms with Crippen LogP contribution < -0.4 is 10.6 Å². The molecule has 0 saturated heterocycles. The number of aliphatic imine (C=N–C) groups is 1. The van der Waals surface area contributed by atoms with E-state index in [1.807, 2.05) is 7.05 Å². The Kier molecular flexibility index (Phi) is 10.1. The maximum Gasteiger partial charge on any atom is 0.191 e. The molecule has 0 aliphatic rings. The fourth-order valence-corrected chi connectivity index (χ4v) is 2.49. The van der Waals surface area contributed by atoms with Gasteiger partial charge < -0.3 is 15.2 Å². The largest absolute Gasteiger partial charge is 0.356 e. The summed E-state index contributed by atoms with van der Waals surface area (Å²) in [7, 11) is 1.81. The second-order valence-electron chi connectivity index (χ2n) is 6.32. The first-order valence-corrected chi connectivity index (χ1v) is 8.98. The Hall–Kier alpha value is -1.59. The van der Waals surface area contributed by atoms with Crippen molar-refractivity contribution >= 4 is 5.96 Å². The first-order chi connectivity index (χ1) is 11.2. The van der Waals surface area contributed by atoms with Crippen LogP contribution in [0.3, 0.4) is 0 Å². The molecule has 0 amide bonds. The van der Waals surface area contributed by atoms with E-state index in [0.29, 0.717) is 0 Å². The molecule has 0 unspecified atom stereocenters. The fourth-order valence-electron chi connectivity index (χ4n) is 2.49. The third kappa shape index (κ3) is 8.57. The summed E-state index contributed by atoms with van der Waals surface area (Å²) < 4.78 is 2.08. The fraction of sp³-hybridized carbons (Fsp3) is 0.824. The average molecular weight is 323 g/mol. The highest BCUT2D eigenvalue weighted by Crippen LogP contribution is 2.08. The number of unbranched alkanes of at least 4 members (excludes halogenated alkanes) is 3. The lowest BCUT2D eigenvalue weighted by molar-refractivity contribution is 0.518. The maximum atomic E-state index is 4.26. The van der Waals surface area contributed by atoms with Crippen molar-refractivity contribution in [3.63, 3.8) is 0 Å². The van der Waals surface area contributed by atoms with E-state index < -0.39 is 0 Å². The summed E-state index contributed by atoms with van der Waals surface area (Å²) in [6.07, 6.45) is 9.21. The molecule has 0 radical (unpaired) electrons. The van der Waals surface area contributed by atoms with Gasteiger partial charge in [0, 0.05) is 33.1 Å². The van der Waals surface area contributed by atoms with Gasteiger partial charge in [0.1, 0.15) is 12.2 Å². The van der Waals surface area contributed by atoms with Crippen molar-refractivity contribution in [3.05, 3.63) is 12.2 Å². The summed E-state index contributed by atoms with van der Waals surface area (Å²) in [5.74, 6) is 2.73. The van der Waals surface area contributed by atoms with Crippen LogP contribution in [0, 0.1) is 5.92 Å². The van der Waals surface area contributed by atoms with Gasteiger partial charge in [-0.05, 0) is 12.3 Å². The summed E-state index contributed by atoms with van der Waals surface area (Å²) in [5, 5.41) is 14.7. The quantitative estimate of drug-likeness (QED) is 0.373. The minimum absolute atomic E-state index is 0.819. The van der Waals surface area contributed by atoms with Crippen LogP contribution >= 0.6 is 0 Å². The van der Waals surface area contributed by atoms with E-state index in [1.54, 1.807) is 6.33 Å². The molecule has 0 fully saturated rings. The molecule has 6 nitrogen and oxygen atoms in total. The van der Waals surface area contributed by atoms with Crippen LogP contribution in [0.4, 0.5) is 0 Å². The lowest BCUT2D eigenvalue weighted by Gasteiger charge is -2.12. The van der Waals surface area contributed by atoms with Gasteiger partial charge in [-0.1, -0.05) is 46.5 Å². The predicted octanol–water partition coefficient (Wildman–Crippen LogP) is 2.61. The Morgan fingerprint density at radius 2 is 1.91 bits per heavy atom. The van der Waals surface area contributed by atoms with Gasteiger partial charge >= 0.3 is 0 Å². The molecule has 0 atom stereocenters. The lowest BCUT2D eigenvalue weighted by atomic mass is 10.0. The Balaban J connectivity index is 2.08. The van der Waals surface area contributed by atoms with Gasteiger partial charge in [0.2, 0.25) is 0 Å². The number of rotatable bonds is 11. The molecule has 23 heavy (non-hydrogen) atoms. The second-order valence-corrected chi connectivity index (χ2v) is 6.32. The highest BCUT2D eigenvalue weighted by molar-refractivity contribution is 5.79. The van der Waals surface area contributed by atoms with Gasteiger partial charge in [0.25, 0.3) is 0 Å². The first-order valence-electron chi connectivity index (χ1n) is 8.98. The zero-order valence-corrected chi connectivity index (χ0v) is 15.3. The zero-order valence-electron chi connectivity index (χ0n) is 15.3. The molecule has 6 heteroatoms. The summed E-state index contributed by atoms with van der Waals surface area (Å²) in [4.78, 5) is 4.26. The minimum atomic E-state index is 0.819. The number of aryl methyl sites for hydroxylation is 1. The molecule has 0 spiro atoms. The van der Waals surface area contributed by atoms with Crippen molar-refractivity contribution in [1.29, 1.82) is 0 Å². The van der Waals surface area contributed by atoms with Crippen LogP contribution in [-0.4, -0.2) is 40.9 Å².